The predicted molar refractivity (Wildman–Crippen MR) is 191 cm³/mol. The van der Waals surface area contributed by atoms with Gasteiger partial charge in [0, 0.05) is 18.3 Å². The van der Waals surface area contributed by atoms with Gasteiger partial charge in [-0.15, -0.1) is 0 Å². The van der Waals surface area contributed by atoms with Crippen molar-refractivity contribution in [3.8, 4) is 0 Å². The summed E-state index contributed by atoms with van der Waals surface area (Å²) < 4.78 is 68.0. The van der Waals surface area contributed by atoms with Gasteiger partial charge in [0.1, 0.15) is 31.0 Å². The number of carbonyl (C=O) groups excluding carboxylic acids is 2. The number of aliphatic hydroxyl groups is 4. The second-order valence-corrected chi connectivity index (χ2v) is 14.9. The summed E-state index contributed by atoms with van der Waals surface area (Å²) in [7, 11) is -5.12. The van der Waals surface area contributed by atoms with Crippen LogP contribution in [0.3, 0.4) is 0 Å². The van der Waals surface area contributed by atoms with Gasteiger partial charge in [0.2, 0.25) is 0 Å². The molecule has 1 unspecified atom stereocenters. The minimum atomic E-state index is -5.12. The van der Waals surface area contributed by atoms with Gasteiger partial charge >= 0.3 is 11.9 Å². The fraction of sp³-hybridized carbons (Fsp3) is 0.946. The van der Waals surface area contributed by atoms with Crippen LogP contribution in [0.5, 0.6) is 0 Å². The highest BCUT2D eigenvalue weighted by Crippen LogP contribution is 2.39. The van der Waals surface area contributed by atoms with Crippen molar-refractivity contribution in [2.24, 2.45) is 0 Å². The van der Waals surface area contributed by atoms with Gasteiger partial charge in [-0.2, -0.15) is 0 Å². The molecule has 51 heavy (non-hydrogen) atoms. The molecule has 1 heterocycles. The minimum Gasteiger partial charge on any atom is -0.756 e. The molecule has 0 aromatic rings. The Balaban J connectivity index is 2.46. The summed E-state index contributed by atoms with van der Waals surface area (Å²) in [5, 5.41) is 39.1. The quantitative estimate of drug-likeness (QED) is 0.0338. The van der Waals surface area contributed by atoms with Crippen molar-refractivity contribution in [2.75, 3.05) is 19.8 Å². The highest BCUT2D eigenvalue weighted by molar-refractivity contribution is 7.45. The van der Waals surface area contributed by atoms with E-state index in [4.69, 9.17) is 28.7 Å². The third kappa shape index (κ3) is 24.7. The lowest BCUT2D eigenvalue weighted by Gasteiger charge is -2.38. The van der Waals surface area contributed by atoms with E-state index in [1.807, 2.05) is 0 Å². The molecule has 13 nitrogen and oxygen atoms in total. The zero-order valence-electron chi connectivity index (χ0n) is 35.1. The zero-order chi connectivity index (χ0) is 41.3. The fourth-order valence-corrected chi connectivity index (χ4v) is 6.43. The van der Waals surface area contributed by atoms with Crippen LogP contribution >= 0.6 is 7.82 Å². The molecule has 0 aliphatic carbocycles. The smallest absolute Gasteiger partial charge is 0.306 e. The molecule has 1 aliphatic heterocycles. The summed E-state index contributed by atoms with van der Waals surface area (Å²) in [6.45, 7) is 1.15. The van der Waals surface area contributed by atoms with Gasteiger partial charge in [0.15, 0.2) is 12.4 Å². The molecule has 7 atom stereocenters. The molecule has 0 spiro atoms. The number of unbranched alkanes of at least 4 members (excludes halogenated alkanes) is 16. The number of ether oxygens (including phenoxy) is 3. The number of esters is 2. The van der Waals surface area contributed by atoms with Crippen LogP contribution in [0.1, 0.15) is 173 Å². The van der Waals surface area contributed by atoms with Crippen LogP contribution in [0.15, 0.2) is 0 Å². The lowest BCUT2D eigenvalue weighted by Crippen LogP contribution is -2.58. The Morgan fingerprint density at radius 1 is 0.647 bits per heavy atom. The van der Waals surface area contributed by atoms with Crippen LogP contribution in [0.4, 0.5) is 0 Å². The van der Waals surface area contributed by atoms with Crippen LogP contribution in [-0.4, -0.2) is 89.0 Å². The van der Waals surface area contributed by atoms with Crippen molar-refractivity contribution in [3.63, 3.8) is 0 Å². The lowest BCUT2D eigenvalue weighted by atomic mass is 10.00. The number of phosphoric ester groups is 1. The van der Waals surface area contributed by atoms with Crippen molar-refractivity contribution in [1.29, 1.82) is 0 Å². The summed E-state index contributed by atoms with van der Waals surface area (Å²) in [6, 6.07) is 0. The van der Waals surface area contributed by atoms with Gasteiger partial charge in [-0.3, -0.25) is 14.2 Å². The molecule has 302 valence electrons. The summed E-state index contributed by atoms with van der Waals surface area (Å²) in [4.78, 5) is 37.6. The largest absolute Gasteiger partial charge is 0.756 e. The van der Waals surface area contributed by atoms with E-state index in [0.717, 1.165) is 103 Å². The van der Waals surface area contributed by atoms with E-state index >= 15 is 0 Å². The van der Waals surface area contributed by atoms with Crippen molar-refractivity contribution >= 4 is 19.8 Å². The second kappa shape index (κ2) is 30.2. The van der Waals surface area contributed by atoms with Gasteiger partial charge in [0.05, 0.1) is 13.2 Å². The third-order valence-electron chi connectivity index (χ3n) is 8.85. The van der Waals surface area contributed by atoms with Gasteiger partial charge in [0.25, 0.3) is 7.82 Å². The van der Waals surface area contributed by atoms with Gasteiger partial charge < -0.3 is 48.6 Å². The van der Waals surface area contributed by atoms with Crippen molar-refractivity contribution in [2.45, 2.75) is 205 Å². The Kier molecular flexibility index (Phi) is 24.3. The average Bonchev–Trinajstić information content (AvgIpc) is 3.09. The summed E-state index contributed by atoms with van der Waals surface area (Å²) in [5.41, 5.74) is 0. The fourth-order valence-electron chi connectivity index (χ4n) is 5.68. The number of hydrogen-bond acceptors (Lipinski definition) is 13. The number of carbonyl (C=O) groups is 2. The summed E-state index contributed by atoms with van der Waals surface area (Å²) in [5.74, 6) is -1.15. The molecule has 1 aliphatic rings. The first kappa shape index (κ1) is 41.0. The third-order valence-corrected chi connectivity index (χ3v) is 9.78. The first-order valence-corrected chi connectivity index (χ1v) is 20.6. The lowest BCUT2D eigenvalue weighted by molar-refractivity contribution is -0.290. The highest BCUT2D eigenvalue weighted by atomic mass is 31.2. The zero-order valence-corrected chi connectivity index (χ0v) is 31.9. The Morgan fingerprint density at radius 3 is 1.55 bits per heavy atom. The standard InChI is InChI=1S/C37H71O13P/c1-3-5-7-9-11-13-15-17-19-21-23-25-32(38)46-27-30(49-33(39)26-24-22-20-18-16-14-12-10-8-6-4-2)28-47-51(44,45)48-29-31-34(40)35(41)36(42)37(43)50-31/h30-31,34-37,40-43H,3-29H2,1-2H3,(H,44,45)/p-1/t30-,31-,34-,35+,36-,37-/m1/s1/i3D2,4D2. The van der Waals surface area contributed by atoms with Gasteiger partial charge in [-0.25, -0.2) is 0 Å². The van der Waals surface area contributed by atoms with Crippen LogP contribution in [0.25, 0.3) is 0 Å². The Bertz CT molecular complexity index is 1080. The van der Waals surface area contributed by atoms with E-state index in [2.05, 4.69) is 0 Å². The molecule has 0 saturated carbocycles. The van der Waals surface area contributed by atoms with Crippen LogP contribution < -0.4 is 4.89 Å². The van der Waals surface area contributed by atoms with Crippen LogP contribution in [0.2, 0.25) is 0 Å². The molecule has 4 N–H and O–H groups in total. The monoisotopic (exact) mass is 757 g/mol. The molecule has 0 amide bonds. The maximum atomic E-state index is 12.6. The molecule has 0 aromatic heterocycles. The number of phosphoric acid groups is 1. The first-order chi connectivity index (χ1) is 25.8. The first-order valence-electron chi connectivity index (χ1n) is 21.1. The molecule has 1 fully saturated rings. The van der Waals surface area contributed by atoms with Crippen LogP contribution in [-0.2, 0) is 37.4 Å². The summed E-state index contributed by atoms with van der Waals surface area (Å²) in [6.07, 6.45) is 5.98. The van der Waals surface area contributed by atoms with E-state index < -0.39 is 89.1 Å². The van der Waals surface area contributed by atoms with Crippen molar-refractivity contribution < 1.29 is 68.2 Å². The number of rotatable bonds is 33. The predicted octanol–water partition coefficient (Wildman–Crippen LogP) is 6.15. The minimum absolute atomic E-state index is 0.0677. The van der Waals surface area contributed by atoms with Crippen LogP contribution in [0, 0.1) is 0 Å². The topological polar surface area (TPSA) is 201 Å². The number of hydrogen-bond donors (Lipinski definition) is 4. The normalized spacial score (nSPS) is 24.1. The molecule has 0 radical (unpaired) electrons. The van der Waals surface area contributed by atoms with E-state index in [1.165, 1.54) is 0 Å². The molecule has 0 aromatic carbocycles. The van der Waals surface area contributed by atoms with E-state index in [-0.39, 0.29) is 12.8 Å². The maximum absolute atomic E-state index is 12.6. The Labute approximate surface area is 312 Å². The highest BCUT2D eigenvalue weighted by Gasteiger charge is 2.43. The van der Waals surface area contributed by atoms with Crippen molar-refractivity contribution in [3.05, 3.63) is 0 Å². The molecule has 14 heteroatoms. The van der Waals surface area contributed by atoms with E-state index in [9.17, 15) is 39.5 Å². The summed E-state index contributed by atoms with van der Waals surface area (Å²) >= 11 is 0. The molecule has 1 saturated heterocycles. The Morgan fingerprint density at radius 2 is 1.08 bits per heavy atom. The van der Waals surface area contributed by atoms with Crippen molar-refractivity contribution in [1.82, 2.24) is 0 Å². The molecular formula is C37H70O13P-. The Hall–Kier alpha value is -1.15. The van der Waals surface area contributed by atoms with Gasteiger partial charge in [-0.1, -0.05) is 142 Å². The second-order valence-electron chi connectivity index (χ2n) is 13.4. The molecule has 0 bridgehead atoms. The molecular weight excluding hydrogens is 683 g/mol. The average molecular weight is 758 g/mol. The number of aliphatic hydroxyl groups excluding tert-OH is 4. The SMILES string of the molecule is [2H]C([2H])(C)CCCCCCCCCCCC(=O)OC[C@H](COP(=O)([O-])OC[C@H]1O[C@@H](O)[C@H](O)[C@@H](O)[C@@H]1O)OC(=O)CCCCCCCCCCCC([2H])([2H])C. The van der Waals surface area contributed by atoms with E-state index in [0.29, 0.717) is 25.7 Å². The maximum Gasteiger partial charge on any atom is 0.306 e. The van der Waals surface area contributed by atoms with Gasteiger partial charge in [-0.05, 0) is 12.8 Å². The van der Waals surface area contributed by atoms with E-state index in [1.54, 1.807) is 13.8 Å². The molecule has 1 rings (SSSR count).